The van der Waals surface area contributed by atoms with Crippen molar-refractivity contribution in [3.63, 3.8) is 0 Å². The fourth-order valence-electron chi connectivity index (χ4n) is 2.73. The van der Waals surface area contributed by atoms with Gasteiger partial charge >= 0.3 is 0 Å². The Balaban J connectivity index is 1.49. The normalized spacial score (nSPS) is 17.3. The van der Waals surface area contributed by atoms with E-state index in [1.807, 2.05) is 43.3 Å². The molecule has 1 atom stereocenters. The number of hydrogen-bond donors (Lipinski definition) is 0. The van der Waals surface area contributed by atoms with Crippen molar-refractivity contribution in [3.05, 3.63) is 53.5 Å². The lowest BCUT2D eigenvalue weighted by molar-refractivity contribution is 0.192. The van der Waals surface area contributed by atoms with Crippen LogP contribution in [0.25, 0.3) is 11.7 Å². The fourth-order valence-corrected chi connectivity index (χ4v) is 2.73. The molecule has 1 aromatic carbocycles. The fraction of sp³-hybridized carbons (Fsp3) is 0.333. The first-order chi connectivity index (χ1) is 11.8. The number of para-hydroxylation sites is 1. The smallest absolute Gasteiger partial charge is 0.293 e. The van der Waals surface area contributed by atoms with Crippen LogP contribution in [0.5, 0.6) is 5.75 Å². The van der Waals surface area contributed by atoms with Crippen LogP contribution < -0.4 is 4.74 Å². The molecule has 124 valence electrons. The van der Waals surface area contributed by atoms with Gasteiger partial charge in [-0.25, -0.2) is 0 Å². The summed E-state index contributed by atoms with van der Waals surface area (Å²) in [5.74, 6) is 3.41. The Hall–Kier alpha value is -2.60. The molecule has 1 aliphatic heterocycles. The first kappa shape index (κ1) is 15.0. The molecule has 0 saturated carbocycles. The molecule has 0 aliphatic carbocycles. The predicted octanol–water partition coefficient (Wildman–Crippen LogP) is 3.72. The highest BCUT2D eigenvalue weighted by Gasteiger charge is 2.25. The lowest BCUT2D eigenvalue weighted by atomic mass is 10.1. The summed E-state index contributed by atoms with van der Waals surface area (Å²) < 4.78 is 22.3. The molecule has 1 aliphatic rings. The van der Waals surface area contributed by atoms with Gasteiger partial charge in [-0.2, -0.15) is 4.98 Å². The van der Waals surface area contributed by atoms with Crippen molar-refractivity contribution in [2.75, 3.05) is 13.2 Å². The van der Waals surface area contributed by atoms with Crippen LogP contribution in [0.1, 0.15) is 29.5 Å². The van der Waals surface area contributed by atoms with Crippen LogP contribution in [-0.2, 0) is 11.3 Å². The maximum atomic E-state index is 5.85. The minimum Gasteiger partial charge on any atom is -0.486 e. The molecule has 6 heteroatoms. The maximum Gasteiger partial charge on any atom is 0.293 e. The van der Waals surface area contributed by atoms with Crippen LogP contribution >= 0.6 is 0 Å². The number of ether oxygens (including phenoxy) is 2. The summed E-state index contributed by atoms with van der Waals surface area (Å²) in [6.45, 7) is 3.69. The number of rotatable bonds is 5. The molecule has 4 rings (SSSR count). The number of hydrogen-bond acceptors (Lipinski definition) is 6. The number of aromatic nitrogens is 2. The van der Waals surface area contributed by atoms with Crippen LogP contribution in [0.15, 0.2) is 45.3 Å². The highest BCUT2D eigenvalue weighted by Crippen LogP contribution is 2.29. The number of nitrogens with zero attached hydrogens (tertiary/aromatic N) is 2. The van der Waals surface area contributed by atoms with Crippen molar-refractivity contribution >= 4 is 0 Å². The molecule has 6 nitrogen and oxygen atoms in total. The third-order valence-corrected chi connectivity index (χ3v) is 4.02. The van der Waals surface area contributed by atoms with E-state index < -0.39 is 0 Å². The molecule has 0 unspecified atom stereocenters. The third kappa shape index (κ3) is 3.05. The molecule has 3 aromatic rings. The van der Waals surface area contributed by atoms with Gasteiger partial charge in [-0.15, -0.1) is 0 Å². The molecule has 1 saturated heterocycles. The minimum absolute atomic E-state index is 0.207. The molecule has 0 bridgehead atoms. The van der Waals surface area contributed by atoms with Gasteiger partial charge in [-0.05, 0) is 31.5 Å². The zero-order chi connectivity index (χ0) is 16.4. The molecule has 0 radical (unpaired) electrons. The van der Waals surface area contributed by atoms with Gasteiger partial charge in [-0.1, -0.05) is 23.4 Å². The number of furan rings is 1. The molecule has 0 N–H and O–H groups in total. The van der Waals surface area contributed by atoms with Gasteiger partial charge in [0.1, 0.15) is 18.1 Å². The van der Waals surface area contributed by atoms with E-state index in [9.17, 15) is 0 Å². The SMILES string of the molecule is Cc1cc(COc2ccccc2)oc1-c1nc([C@@H]2CCOC2)no1. The van der Waals surface area contributed by atoms with Crippen LogP contribution in [0.2, 0.25) is 0 Å². The van der Waals surface area contributed by atoms with E-state index in [0.717, 1.165) is 30.1 Å². The van der Waals surface area contributed by atoms with Crippen molar-refractivity contribution in [1.29, 1.82) is 0 Å². The average molecular weight is 326 g/mol. The first-order valence-corrected chi connectivity index (χ1v) is 7.98. The second-order valence-corrected chi connectivity index (χ2v) is 5.84. The largest absolute Gasteiger partial charge is 0.486 e. The zero-order valence-electron chi connectivity index (χ0n) is 13.4. The van der Waals surface area contributed by atoms with E-state index in [-0.39, 0.29) is 5.92 Å². The average Bonchev–Trinajstić information content (AvgIpc) is 3.34. The quantitative estimate of drug-likeness (QED) is 0.711. The molecule has 24 heavy (non-hydrogen) atoms. The van der Waals surface area contributed by atoms with E-state index in [1.165, 1.54) is 0 Å². The molecular formula is C18H18N2O4. The Morgan fingerprint density at radius 2 is 2.12 bits per heavy atom. The van der Waals surface area contributed by atoms with Crippen LogP contribution in [0, 0.1) is 6.92 Å². The van der Waals surface area contributed by atoms with Gasteiger partial charge in [0.25, 0.3) is 5.89 Å². The second-order valence-electron chi connectivity index (χ2n) is 5.84. The van der Waals surface area contributed by atoms with E-state index in [2.05, 4.69) is 10.1 Å². The van der Waals surface area contributed by atoms with E-state index in [1.54, 1.807) is 0 Å². The van der Waals surface area contributed by atoms with E-state index in [0.29, 0.717) is 30.7 Å². The topological polar surface area (TPSA) is 70.5 Å². The molecule has 1 fully saturated rings. The van der Waals surface area contributed by atoms with Gasteiger partial charge in [0.2, 0.25) is 0 Å². The maximum absolute atomic E-state index is 5.85. The molecule has 3 heterocycles. The molecule has 0 amide bonds. The Kier molecular flexibility index (Phi) is 4.04. The van der Waals surface area contributed by atoms with E-state index in [4.69, 9.17) is 18.4 Å². The van der Waals surface area contributed by atoms with Gasteiger partial charge in [0.05, 0.1) is 6.61 Å². The second kappa shape index (κ2) is 6.49. The Labute approximate surface area is 139 Å². The van der Waals surface area contributed by atoms with Crippen LogP contribution in [-0.4, -0.2) is 23.4 Å². The standard InChI is InChI=1S/C18H18N2O4/c1-12-9-15(11-22-14-5-3-2-4-6-14)23-16(12)18-19-17(20-24-18)13-7-8-21-10-13/h2-6,9,13H,7-8,10-11H2,1H3/t13-/m1/s1. The summed E-state index contributed by atoms with van der Waals surface area (Å²) in [4.78, 5) is 4.46. The highest BCUT2D eigenvalue weighted by molar-refractivity contribution is 5.51. The van der Waals surface area contributed by atoms with Crippen molar-refractivity contribution < 1.29 is 18.4 Å². The summed E-state index contributed by atoms with van der Waals surface area (Å²) in [5, 5.41) is 4.06. The Morgan fingerprint density at radius 1 is 1.25 bits per heavy atom. The summed E-state index contributed by atoms with van der Waals surface area (Å²) in [6.07, 6.45) is 0.923. The summed E-state index contributed by atoms with van der Waals surface area (Å²) in [6, 6.07) is 11.6. The zero-order valence-corrected chi connectivity index (χ0v) is 13.4. The Bertz CT molecular complexity index is 804. The Morgan fingerprint density at radius 3 is 2.92 bits per heavy atom. The lowest BCUT2D eigenvalue weighted by Gasteiger charge is -2.02. The summed E-state index contributed by atoms with van der Waals surface area (Å²) in [5.41, 5.74) is 0.944. The summed E-state index contributed by atoms with van der Waals surface area (Å²) >= 11 is 0. The number of benzene rings is 1. The van der Waals surface area contributed by atoms with Crippen molar-refractivity contribution in [1.82, 2.24) is 10.1 Å². The summed E-state index contributed by atoms with van der Waals surface area (Å²) in [7, 11) is 0. The van der Waals surface area contributed by atoms with Gasteiger partial charge in [-0.3, -0.25) is 0 Å². The third-order valence-electron chi connectivity index (χ3n) is 4.02. The van der Waals surface area contributed by atoms with Crippen molar-refractivity contribution in [2.45, 2.75) is 25.9 Å². The van der Waals surface area contributed by atoms with Gasteiger partial charge in [0.15, 0.2) is 11.6 Å². The van der Waals surface area contributed by atoms with Crippen molar-refractivity contribution in [2.24, 2.45) is 0 Å². The van der Waals surface area contributed by atoms with Crippen molar-refractivity contribution in [3.8, 4) is 17.4 Å². The van der Waals surface area contributed by atoms with Gasteiger partial charge < -0.3 is 18.4 Å². The predicted molar refractivity (Wildman–Crippen MR) is 85.7 cm³/mol. The number of aryl methyl sites for hydroxylation is 1. The first-order valence-electron chi connectivity index (χ1n) is 7.98. The lowest BCUT2D eigenvalue weighted by Crippen LogP contribution is -1.99. The van der Waals surface area contributed by atoms with Crippen LogP contribution in [0.4, 0.5) is 0 Å². The van der Waals surface area contributed by atoms with Crippen LogP contribution in [0.3, 0.4) is 0 Å². The molecule has 0 spiro atoms. The molecule has 2 aromatic heterocycles. The monoisotopic (exact) mass is 326 g/mol. The minimum atomic E-state index is 0.207. The highest BCUT2D eigenvalue weighted by atomic mass is 16.5. The van der Waals surface area contributed by atoms with E-state index >= 15 is 0 Å². The molecular weight excluding hydrogens is 308 g/mol. The van der Waals surface area contributed by atoms with Gasteiger partial charge in [0, 0.05) is 18.1 Å².